The summed E-state index contributed by atoms with van der Waals surface area (Å²) in [6.45, 7) is 10.9. The summed E-state index contributed by atoms with van der Waals surface area (Å²) in [5.41, 5.74) is 6.48. The molecule has 3 aliphatic rings. The summed E-state index contributed by atoms with van der Waals surface area (Å²) in [5, 5.41) is 0. The van der Waals surface area contributed by atoms with E-state index >= 15 is 0 Å². The lowest BCUT2D eigenvalue weighted by Crippen LogP contribution is -2.44. The zero-order valence-corrected chi connectivity index (χ0v) is 22.7. The van der Waals surface area contributed by atoms with Gasteiger partial charge in [-0.2, -0.15) is 0 Å². The van der Waals surface area contributed by atoms with E-state index in [0.717, 1.165) is 95.8 Å². The van der Waals surface area contributed by atoms with Crippen LogP contribution in [0.1, 0.15) is 57.5 Å². The summed E-state index contributed by atoms with van der Waals surface area (Å²) in [5.74, 6) is 0.480. The third kappa shape index (κ3) is 6.55. The smallest absolute Gasteiger partial charge is 0.162 e. The van der Waals surface area contributed by atoms with Crippen molar-refractivity contribution in [3.63, 3.8) is 0 Å². The molecule has 0 bridgehead atoms. The molecule has 2 saturated heterocycles. The second-order valence-electron chi connectivity index (χ2n) is 11.3. The molecule has 6 heteroatoms. The maximum absolute atomic E-state index is 12.9. The van der Waals surface area contributed by atoms with Crippen LogP contribution >= 0.6 is 0 Å². The summed E-state index contributed by atoms with van der Waals surface area (Å²) >= 11 is 0. The van der Waals surface area contributed by atoms with Crippen molar-refractivity contribution >= 4 is 11.6 Å². The summed E-state index contributed by atoms with van der Waals surface area (Å²) < 4.78 is 0. The Bertz CT molecular complexity index is 1030. The minimum absolute atomic E-state index is 0.240. The van der Waals surface area contributed by atoms with Gasteiger partial charge in [0, 0.05) is 76.3 Å². The summed E-state index contributed by atoms with van der Waals surface area (Å²) in [6, 6.07) is 12.4. The highest BCUT2D eigenvalue weighted by molar-refractivity contribution is 5.99. The SMILES string of the molecule is CN1CCN(CCCC(=O)c2ccc3c(c2)Cc2cc(C(=O)CCCN4CCN(C)CC4)ccc2-3)CC1. The molecule has 37 heavy (non-hydrogen) atoms. The van der Waals surface area contributed by atoms with Crippen molar-refractivity contribution < 1.29 is 9.59 Å². The van der Waals surface area contributed by atoms with E-state index in [0.29, 0.717) is 12.8 Å². The quantitative estimate of drug-likeness (QED) is 0.394. The van der Waals surface area contributed by atoms with E-state index in [-0.39, 0.29) is 11.6 Å². The van der Waals surface area contributed by atoms with Gasteiger partial charge in [0.2, 0.25) is 0 Å². The van der Waals surface area contributed by atoms with Crippen LogP contribution in [0, 0.1) is 0 Å². The van der Waals surface area contributed by atoms with Crippen molar-refractivity contribution in [2.45, 2.75) is 32.1 Å². The molecule has 1 aliphatic carbocycles. The largest absolute Gasteiger partial charge is 0.304 e. The minimum atomic E-state index is 0.240. The number of rotatable bonds is 10. The van der Waals surface area contributed by atoms with E-state index in [1.54, 1.807) is 0 Å². The van der Waals surface area contributed by atoms with Crippen LogP contribution in [0.25, 0.3) is 11.1 Å². The van der Waals surface area contributed by atoms with Crippen LogP contribution in [0.2, 0.25) is 0 Å². The molecule has 2 aromatic carbocycles. The number of benzene rings is 2. The number of piperazine rings is 2. The lowest BCUT2D eigenvalue weighted by molar-refractivity contribution is 0.0959. The molecule has 0 radical (unpaired) electrons. The fourth-order valence-electron chi connectivity index (χ4n) is 5.92. The van der Waals surface area contributed by atoms with Gasteiger partial charge in [0.1, 0.15) is 0 Å². The molecular weight excluding hydrogens is 460 g/mol. The number of carbonyl (C=O) groups is 2. The first-order chi connectivity index (χ1) is 18.0. The Hall–Kier alpha value is -2.38. The Morgan fingerprint density at radius 3 is 1.43 bits per heavy atom. The molecule has 0 amide bonds. The van der Waals surface area contributed by atoms with E-state index in [1.165, 1.54) is 22.3 Å². The number of Topliss-reactive ketones (excluding diaryl/α,β-unsaturated/α-hetero) is 2. The number of ketones is 2. The van der Waals surface area contributed by atoms with Gasteiger partial charge in [-0.15, -0.1) is 0 Å². The van der Waals surface area contributed by atoms with Gasteiger partial charge in [-0.25, -0.2) is 0 Å². The number of fused-ring (bicyclic) bond motifs is 3. The third-order valence-electron chi connectivity index (χ3n) is 8.47. The van der Waals surface area contributed by atoms with E-state index in [2.05, 4.69) is 58.0 Å². The fourth-order valence-corrected chi connectivity index (χ4v) is 5.92. The van der Waals surface area contributed by atoms with E-state index in [9.17, 15) is 9.59 Å². The van der Waals surface area contributed by atoms with E-state index in [1.807, 2.05) is 12.1 Å². The molecule has 198 valence electrons. The van der Waals surface area contributed by atoms with Gasteiger partial charge >= 0.3 is 0 Å². The van der Waals surface area contributed by atoms with Gasteiger partial charge in [0.25, 0.3) is 0 Å². The van der Waals surface area contributed by atoms with Gasteiger partial charge < -0.3 is 19.6 Å². The Kier molecular flexibility index (Phi) is 8.50. The maximum Gasteiger partial charge on any atom is 0.162 e. The van der Waals surface area contributed by atoms with Gasteiger partial charge in [-0.3, -0.25) is 9.59 Å². The topological polar surface area (TPSA) is 47.1 Å². The van der Waals surface area contributed by atoms with Gasteiger partial charge in [0.05, 0.1) is 0 Å². The van der Waals surface area contributed by atoms with Crippen molar-refractivity contribution in [3.05, 3.63) is 58.7 Å². The minimum Gasteiger partial charge on any atom is -0.304 e. The number of carbonyl (C=O) groups excluding carboxylic acids is 2. The fraction of sp³-hybridized carbons (Fsp3) is 0.548. The van der Waals surface area contributed by atoms with Crippen molar-refractivity contribution in [1.29, 1.82) is 0 Å². The lowest BCUT2D eigenvalue weighted by Gasteiger charge is -2.32. The van der Waals surface area contributed by atoms with Gasteiger partial charge in [-0.05, 0) is 80.8 Å². The molecular formula is C31H42N4O2. The summed E-state index contributed by atoms with van der Waals surface area (Å²) in [6.07, 6.45) is 3.84. The zero-order valence-electron chi connectivity index (χ0n) is 22.7. The number of hydrogen-bond acceptors (Lipinski definition) is 6. The molecule has 2 aliphatic heterocycles. The Morgan fingerprint density at radius 1 is 0.622 bits per heavy atom. The van der Waals surface area contributed by atoms with Crippen LogP contribution in [0.5, 0.6) is 0 Å². The molecule has 0 spiro atoms. The molecule has 5 rings (SSSR count). The molecule has 2 aromatic rings. The maximum atomic E-state index is 12.9. The van der Waals surface area contributed by atoms with Crippen LogP contribution < -0.4 is 0 Å². The average molecular weight is 503 g/mol. The van der Waals surface area contributed by atoms with E-state index in [4.69, 9.17) is 0 Å². The first kappa shape index (κ1) is 26.2. The molecule has 0 saturated carbocycles. The molecule has 6 nitrogen and oxygen atoms in total. The number of hydrogen-bond donors (Lipinski definition) is 0. The normalized spacial score (nSPS) is 19.1. The second kappa shape index (κ2) is 12.0. The third-order valence-corrected chi connectivity index (χ3v) is 8.47. The molecule has 2 heterocycles. The molecule has 0 aromatic heterocycles. The highest BCUT2D eigenvalue weighted by atomic mass is 16.1. The monoisotopic (exact) mass is 502 g/mol. The number of nitrogens with zero attached hydrogens (tertiary/aromatic N) is 4. The van der Waals surface area contributed by atoms with Crippen LogP contribution in [-0.2, 0) is 6.42 Å². The molecule has 2 fully saturated rings. The number of likely N-dealkylation sites (N-methyl/N-ethyl adjacent to an activating group) is 2. The van der Waals surface area contributed by atoms with Crippen molar-refractivity contribution in [2.75, 3.05) is 79.5 Å². The molecule has 0 unspecified atom stereocenters. The zero-order chi connectivity index (χ0) is 25.8. The van der Waals surface area contributed by atoms with Crippen LogP contribution in [0.15, 0.2) is 36.4 Å². The highest BCUT2D eigenvalue weighted by Crippen LogP contribution is 2.38. The van der Waals surface area contributed by atoms with Crippen LogP contribution in [-0.4, -0.2) is 111 Å². The van der Waals surface area contributed by atoms with Gasteiger partial charge in [0.15, 0.2) is 11.6 Å². The summed E-state index contributed by atoms with van der Waals surface area (Å²) in [7, 11) is 4.34. The predicted octanol–water partition coefficient (Wildman–Crippen LogP) is 3.68. The van der Waals surface area contributed by atoms with Crippen LogP contribution in [0.4, 0.5) is 0 Å². The van der Waals surface area contributed by atoms with Crippen molar-refractivity contribution in [3.8, 4) is 11.1 Å². The van der Waals surface area contributed by atoms with Crippen LogP contribution in [0.3, 0.4) is 0 Å². The predicted molar refractivity (Wildman–Crippen MR) is 150 cm³/mol. The first-order valence-electron chi connectivity index (χ1n) is 14.1. The summed E-state index contributed by atoms with van der Waals surface area (Å²) in [4.78, 5) is 35.5. The Balaban J connectivity index is 1.12. The highest BCUT2D eigenvalue weighted by Gasteiger charge is 2.22. The molecule has 0 N–H and O–H groups in total. The van der Waals surface area contributed by atoms with Crippen molar-refractivity contribution in [2.24, 2.45) is 0 Å². The Morgan fingerprint density at radius 2 is 1.03 bits per heavy atom. The Labute approximate surface area is 222 Å². The average Bonchev–Trinajstić information content (AvgIpc) is 3.28. The standard InChI is InChI=1S/C31H42N4O2/c1-32-13-17-34(18-14-32)11-3-5-30(36)24-7-9-28-26(21-24)23-27-22-25(8-10-29(27)28)31(37)6-4-12-35-19-15-33(2)16-20-35/h7-10,21-22H,3-6,11-20,23H2,1-2H3. The first-order valence-corrected chi connectivity index (χ1v) is 14.1. The van der Waals surface area contributed by atoms with Gasteiger partial charge in [-0.1, -0.05) is 24.3 Å². The van der Waals surface area contributed by atoms with Crippen molar-refractivity contribution in [1.82, 2.24) is 19.6 Å². The molecule has 0 atom stereocenters. The lowest BCUT2D eigenvalue weighted by atomic mass is 9.98. The second-order valence-corrected chi connectivity index (χ2v) is 11.3. The van der Waals surface area contributed by atoms with E-state index < -0.39 is 0 Å².